The Morgan fingerprint density at radius 2 is 1.49 bits per heavy atom. The van der Waals surface area contributed by atoms with Gasteiger partial charge in [-0.2, -0.15) is 0 Å². The Morgan fingerprint density at radius 1 is 0.811 bits per heavy atom. The average Bonchev–Trinajstić information content (AvgIpc) is 3.56. The monoisotopic (exact) mass is 733 g/mol. The van der Waals surface area contributed by atoms with E-state index in [-0.39, 0.29) is 41.5 Å². The van der Waals surface area contributed by atoms with E-state index in [1.54, 1.807) is 48.5 Å². The molecule has 53 heavy (non-hydrogen) atoms. The first-order valence-corrected chi connectivity index (χ1v) is 17.4. The molecule has 4 amide bonds. The number of hydrogen-bond acceptors (Lipinski definition) is 9. The molecule has 8 rings (SSSR count). The third kappa shape index (κ3) is 4.88. The van der Waals surface area contributed by atoms with E-state index in [2.05, 4.69) is 0 Å². The predicted octanol–water partition coefficient (Wildman–Crippen LogP) is 6.34. The number of methoxy groups -OCH3 is 2. The first-order valence-electron chi connectivity index (χ1n) is 17.0. The SMILES string of the molecule is COc1cc([C@H]2C3=CC[C@@H]4C(=O)N(c5ccc([N+](=O)[O-])cc5)C(=O)[C@@H]4[C@@H]3C[C@H]3C(=O)N(c4cccc(Cl)c4)C(=O)[C@@]23c2ccccc2)cc(OC)c1O. The molecule has 2 aliphatic heterocycles. The summed E-state index contributed by atoms with van der Waals surface area (Å²) in [6.45, 7) is 0. The van der Waals surface area contributed by atoms with Crippen molar-refractivity contribution in [3.63, 3.8) is 0 Å². The molecule has 4 aliphatic rings. The summed E-state index contributed by atoms with van der Waals surface area (Å²) in [5.41, 5.74) is 0.538. The van der Waals surface area contributed by atoms with Crippen molar-refractivity contribution in [2.75, 3.05) is 24.0 Å². The number of halogens is 1. The van der Waals surface area contributed by atoms with Gasteiger partial charge in [0, 0.05) is 23.1 Å². The second kappa shape index (κ2) is 12.6. The molecule has 1 N–H and O–H groups in total. The number of nitro benzene ring substituents is 1. The van der Waals surface area contributed by atoms with Crippen molar-refractivity contribution in [3.8, 4) is 17.2 Å². The number of amides is 4. The van der Waals surface area contributed by atoms with E-state index in [4.69, 9.17) is 21.1 Å². The van der Waals surface area contributed by atoms with Crippen LogP contribution < -0.4 is 19.3 Å². The lowest BCUT2D eigenvalue weighted by atomic mass is 9.49. The van der Waals surface area contributed by atoms with Gasteiger partial charge in [0.25, 0.3) is 5.69 Å². The number of ether oxygens (including phenoxy) is 2. The van der Waals surface area contributed by atoms with Crippen LogP contribution in [0.2, 0.25) is 5.02 Å². The number of nitrogens with zero attached hydrogens (tertiary/aromatic N) is 3. The smallest absolute Gasteiger partial charge is 0.269 e. The summed E-state index contributed by atoms with van der Waals surface area (Å²) >= 11 is 6.39. The highest BCUT2D eigenvalue weighted by Crippen LogP contribution is 2.65. The molecular weight excluding hydrogens is 702 g/mol. The first-order chi connectivity index (χ1) is 25.5. The molecule has 2 heterocycles. The molecule has 0 unspecified atom stereocenters. The molecule has 3 fully saturated rings. The van der Waals surface area contributed by atoms with E-state index in [1.807, 2.05) is 24.3 Å². The van der Waals surface area contributed by atoms with Crippen LogP contribution in [0.15, 0.2) is 103 Å². The maximum atomic E-state index is 15.4. The van der Waals surface area contributed by atoms with Crippen LogP contribution in [0.3, 0.4) is 0 Å². The van der Waals surface area contributed by atoms with Crippen LogP contribution in [0, 0.1) is 33.8 Å². The molecule has 1 saturated carbocycles. The summed E-state index contributed by atoms with van der Waals surface area (Å²) in [6, 6.07) is 24.0. The Bertz CT molecular complexity index is 2230. The van der Waals surface area contributed by atoms with E-state index < -0.39 is 63.6 Å². The van der Waals surface area contributed by atoms with Crippen molar-refractivity contribution in [2.45, 2.75) is 24.2 Å². The summed E-state index contributed by atoms with van der Waals surface area (Å²) in [5, 5.41) is 22.6. The zero-order chi connectivity index (χ0) is 37.3. The minimum absolute atomic E-state index is 0.0690. The summed E-state index contributed by atoms with van der Waals surface area (Å²) in [5.74, 6) is -6.21. The van der Waals surface area contributed by atoms with Crippen LogP contribution in [0.1, 0.15) is 29.9 Å². The quantitative estimate of drug-likeness (QED) is 0.0991. The number of hydrogen-bond donors (Lipinski definition) is 1. The molecule has 2 saturated heterocycles. The molecule has 0 bridgehead atoms. The Kier molecular flexibility index (Phi) is 8.10. The maximum Gasteiger partial charge on any atom is 0.269 e. The van der Waals surface area contributed by atoms with E-state index in [9.17, 15) is 29.6 Å². The van der Waals surface area contributed by atoms with E-state index in [0.717, 1.165) is 4.90 Å². The number of nitro groups is 1. The average molecular weight is 734 g/mol. The van der Waals surface area contributed by atoms with Crippen LogP contribution in [-0.2, 0) is 24.6 Å². The largest absolute Gasteiger partial charge is 0.502 e. The van der Waals surface area contributed by atoms with Crippen molar-refractivity contribution in [2.24, 2.45) is 23.7 Å². The summed E-state index contributed by atoms with van der Waals surface area (Å²) < 4.78 is 11.1. The van der Waals surface area contributed by atoms with E-state index in [0.29, 0.717) is 27.4 Å². The summed E-state index contributed by atoms with van der Waals surface area (Å²) in [6.07, 6.45) is 2.15. The van der Waals surface area contributed by atoms with Crippen LogP contribution in [0.25, 0.3) is 0 Å². The van der Waals surface area contributed by atoms with Gasteiger partial charge in [-0.05, 0) is 72.4 Å². The molecule has 12 nitrogen and oxygen atoms in total. The van der Waals surface area contributed by atoms with Gasteiger partial charge in [0.1, 0.15) is 0 Å². The zero-order valence-electron chi connectivity index (χ0n) is 28.5. The summed E-state index contributed by atoms with van der Waals surface area (Å²) in [7, 11) is 2.78. The molecule has 268 valence electrons. The van der Waals surface area contributed by atoms with Gasteiger partial charge in [0.2, 0.25) is 29.4 Å². The molecule has 6 atom stereocenters. The number of non-ortho nitro benzene ring substituents is 1. The van der Waals surface area contributed by atoms with Crippen molar-refractivity contribution in [3.05, 3.63) is 129 Å². The Labute approximate surface area is 308 Å². The highest BCUT2D eigenvalue weighted by molar-refractivity contribution is 6.32. The molecular formula is C40H32ClN3O9. The van der Waals surface area contributed by atoms with Gasteiger partial charge >= 0.3 is 0 Å². The Balaban J connectivity index is 1.36. The normalized spacial score (nSPS) is 26.2. The first kappa shape index (κ1) is 34.1. The van der Waals surface area contributed by atoms with E-state index >= 15 is 4.79 Å². The lowest BCUT2D eigenvalue weighted by Gasteiger charge is -2.50. The fraction of sp³-hybridized carbons (Fsp3) is 0.250. The zero-order valence-corrected chi connectivity index (χ0v) is 29.2. The molecule has 4 aromatic carbocycles. The van der Waals surface area contributed by atoms with Crippen molar-refractivity contribution >= 4 is 52.3 Å². The highest BCUT2D eigenvalue weighted by Gasteiger charge is 2.70. The maximum absolute atomic E-state index is 15.4. The van der Waals surface area contributed by atoms with Gasteiger partial charge in [-0.3, -0.25) is 34.2 Å². The number of aromatic hydroxyl groups is 1. The third-order valence-electron chi connectivity index (χ3n) is 11.3. The lowest BCUT2D eigenvalue weighted by molar-refractivity contribution is -0.384. The summed E-state index contributed by atoms with van der Waals surface area (Å²) in [4.78, 5) is 71.9. The number of benzene rings is 4. The van der Waals surface area contributed by atoms with Crippen molar-refractivity contribution in [1.82, 2.24) is 0 Å². The molecule has 0 radical (unpaired) electrons. The molecule has 0 aromatic heterocycles. The fourth-order valence-electron chi connectivity index (χ4n) is 9.18. The van der Waals surface area contributed by atoms with Gasteiger partial charge in [-0.1, -0.05) is 59.6 Å². The highest BCUT2D eigenvalue weighted by atomic mass is 35.5. The number of imide groups is 2. The number of carbonyl (C=O) groups is 4. The van der Waals surface area contributed by atoms with Crippen LogP contribution in [0.5, 0.6) is 17.2 Å². The van der Waals surface area contributed by atoms with Gasteiger partial charge in [0.05, 0.1) is 53.7 Å². The number of fused-ring (bicyclic) bond motifs is 4. The van der Waals surface area contributed by atoms with Crippen LogP contribution in [-0.4, -0.2) is 47.9 Å². The number of allylic oxidation sites excluding steroid dienone is 2. The third-order valence-corrected chi connectivity index (χ3v) is 11.6. The lowest BCUT2D eigenvalue weighted by Crippen LogP contribution is -2.53. The molecule has 13 heteroatoms. The number of phenols is 1. The fourth-order valence-corrected chi connectivity index (χ4v) is 9.36. The minimum Gasteiger partial charge on any atom is -0.502 e. The molecule has 0 spiro atoms. The minimum atomic E-state index is -1.55. The number of rotatable bonds is 7. The predicted molar refractivity (Wildman–Crippen MR) is 193 cm³/mol. The van der Waals surface area contributed by atoms with Gasteiger partial charge < -0.3 is 14.6 Å². The Morgan fingerprint density at radius 3 is 2.11 bits per heavy atom. The van der Waals surface area contributed by atoms with Crippen LogP contribution >= 0.6 is 11.6 Å². The van der Waals surface area contributed by atoms with E-state index in [1.165, 1.54) is 43.4 Å². The van der Waals surface area contributed by atoms with Gasteiger partial charge in [-0.25, -0.2) is 4.90 Å². The van der Waals surface area contributed by atoms with Crippen molar-refractivity contribution in [1.29, 1.82) is 0 Å². The van der Waals surface area contributed by atoms with Crippen LogP contribution in [0.4, 0.5) is 17.1 Å². The molecule has 2 aliphatic carbocycles. The second-order valence-electron chi connectivity index (χ2n) is 13.7. The second-order valence-corrected chi connectivity index (χ2v) is 14.1. The van der Waals surface area contributed by atoms with Gasteiger partial charge in [-0.15, -0.1) is 0 Å². The number of phenolic OH excluding ortho intramolecular Hbond substituents is 1. The van der Waals surface area contributed by atoms with Crippen molar-refractivity contribution < 1.29 is 38.7 Å². The standard InChI is InChI=1S/C40H32ClN3O9/c1-52-31-17-21(18-32(53-2)35(31)45)34-27-15-16-28-33(38(48)42(36(28)46)24-11-13-25(14-12-24)44(50)51)29(27)20-30-37(47)43(26-10-6-9-23(41)19-26)39(49)40(30,34)22-7-4-3-5-8-22/h3-15,17-19,28-30,33-34,45H,16,20H2,1-2H3/t28-,29+,30-,33-,34-,40+/m0/s1. The topological polar surface area (TPSA) is 157 Å². The molecule has 4 aromatic rings. The number of anilines is 2. The van der Waals surface area contributed by atoms with Gasteiger partial charge in [0.15, 0.2) is 11.5 Å². The number of carbonyl (C=O) groups excluding carboxylic acids is 4. The Hall–Kier alpha value is -6.01.